The molecular formula is C14H19N3O2S. The third kappa shape index (κ3) is 2.85. The average Bonchev–Trinajstić information content (AvgIpc) is 2.47. The minimum Gasteiger partial charge on any atom is -0.301 e. The van der Waals surface area contributed by atoms with Gasteiger partial charge in [0.15, 0.2) is 0 Å². The zero-order chi connectivity index (χ0) is 14.8. The number of benzene rings is 1. The molecule has 1 aromatic carbocycles. The molecule has 6 heteroatoms. The van der Waals surface area contributed by atoms with Crippen molar-refractivity contribution in [1.82, 2.24) is 9.21 Å². The lowest BCUT2D eigenvalue weighted by atomic mass is 10.2. The smallest absolute Gasteiger partial charge is 0.243 e. The Morgan fingerprint density at radius 3 is 2.45 bits per heavy atom. The predicted octanol–water partition coefficient (Wildman–Crippen LogP) is 1.19. The van der Waals surface area contributed by atoms with Gasteiger partial charge >= 0.3 is 0 Å². The Hall–Kier alpha value is -1.42. The van der Waals surface area contributed by atoms with Crippen molar-refractivity contribution in [3.63, 3.8) is 0 Å². The first-order valence-electron chi connectivity index (χ1n) is 6.72. The van der Waals surface area contributed by atoms with E-state index in [1.54, 1.807) is 19.1 Å². The average molecular weight is 293 g/mol. The summed E-state index contributed by atoms with van der Waals surface area (Å²) in [5.41, 5.74) is 1.06. The van der Waals surface area contributed by atoms with Crippen LogP contribution in [0.1, 0.15) is 18.1 Å². The molecule has 108 valence electrons. The highest BCUT2D eigenvalue weighted by Crippen LogP contribution is 2.22. The van der Waals surface area contributed by atoms with Crippen LogP contribution < -0.4 is 0 Å². The number of nitriles is 1. The van der Waals surface area contributed by atoms with E-state index < -0.39 is 10.0 Å². The van der Waals surface area contributed by atoms with Crippen molar-refractivity contribution < 1.29 is 8.42 Å². The van der Waals surface area contributed by atoms with E-state index in [2.05, 4.69) is 11.8 Å². The molecule has 1 saturated heterocycles. The van der Waals surface area contributed by atoms with Gasteiger partial charge in [-0.3, -0.25) is 0 Å². The molecule has 0 spiro atoms. The topological polar surface area (TPSA) is 64.4 Å². The van der Waals surface area contributed by atoms with E-state index in [1.165, 1.54) is 10.4 Å². The van der Waals surface area contributed by atoms with Gasteiger partial charge in [0, 0.05) is 26.2 Å². The Balaban J connectivity index is 2.30. The number of hydrogen-bond acceptors (Lipinski definition) is 4. The number of rotatable bonds is 3. The van der Waals surface area contributed by atoms with Crippen molar-refractivity contribution in [3.8, 4) is 6.07 Å². The summed E-state index contributed by atoms with van der Waals surface area (Å²) in [6.45, 7) is 7.30. The Kier molecular flexibility index (Phi) is 4.43. The van der Waals surface area contributed by atoms with Crippen LogP contribution in [0, 0.1) is 18.3 Å². The van der Waals surface area contributed by atoms with Crippen LogP contribution in [-0.2, 0) is 10.0 Å². The zero-order valence-corrected chi connectivity index (χ0v) is 12.7. The van der Waals surface area contributed by atoms with Gasteiger partial charge < -0.3 is 4.90 Å². The van der Waals surface area contributed by atoms with Gasteiger partial charge in [-0.05, 0) is 31.2 Å². The summed E-state index contributed by atoms with van der Waals surface area (Å²) >= 11 is 0. The Morgan fingerprint density at radius 1 is 1.25 bits per heavy atom. The molecule has 0 aromatic heterocycles. The normalized spacial score (nSPS) is 17.9. The number of nitrogens with zero attached hydrogens (tertiary/aromatic N) is 3. The van der Waals surface area contributed by atoms with Crippen molar-refractivity contribution in [2.24, 2.45) is 0 Å². The maximum Gasteiger partial charge on any atom is 0.243 e. The molecule has 1 aromatic rings. The molecule has 5 nitrogen and oxygen atoms in total. The summed E-state index contributed by atoms with van der Waals surface area (Å²) in [5, 5.41) is 8.93. The van der Waals surface area contributed by atoms with Crippen LogP contribution in [-0.4, -0.2) is 50.3 Å². The molecule has 0 unspecified atom stereocenters. The highest BCUT2D eigenvalue weighted by Gasteiger charge is 2.29. The van der Waals surface area contributed by atoms with Crippen molar-refractivity contribution in [2.45, 2.75) is 18.7 Å². The quantitative estimate of drug-likeness (QED) is 0.840. The summed E-state index contributed by atoms with van der Waals surface area (Å²) in [7, 11) is -3.50. The van der Waals surface area contributed by atoms with Gasteiger partial charge in [0.25, 0.3) is 0 Å². The van der Waals surface area contributed by atoms with Gasteiger partial charge in [-0.15, -0.1) is 0 Å². The van der Waals surface area contributed by atoms with Gasteiger partial charge in [0.2, 0.25) is 10.0 Å². The van der Waals surface area contributed by atoms with Gasteiger partial charge in [-0.2, -0.15) is 9.57 Å². The first kappa shape index (κ1) is 15.0. The summed E-state index contributed by atoms with van der Waals surface area (Å²) in [6, 6.07) is 6.79. The molecule has 1 fully saturated rings. The summed E-state index contributed by atoms with van der Waals surface area (Å²) in [6.07, 6.45) is 0. The largest absolute Gasteiger partial charge is 0.301 e. The van der Waals surface area contributed by atoms with Gasteiger partial charge in [-0.25, -0.2) is 8.42 Å². The first-order chi connectivity index (χ1) is 9.48. The molecule has 0 amide bonds. The van der Waals surface area contributed by atoms with E-state index in [0.29, 0.717) is 24.2 Å². The standard InChI is InChI=1S/C14H19N3O2S/c1-3-16-6-8-17(9-7-16)20(18,19)14-10-13(11-15)5-4-12(14)2/h4-5,10H,3,6-9H2,1-2H3. The number of piperazine rings is 1. The molecule has 1 heterocycles. The molecule has 1 aliphatic rings. The Bertz CT molecular complexity index is 626. The molecule has 0 bridgehead atoms. The number of hydrogen-bond donors (Lipinski definition) is 0. The molecule has 0 radical (unpaired) electrons. The molecule has 1 aliphatic heterocycles. The highest BCUT2D eigenvalue weighted by molar-refractivity contribution is 7.89. The third-order valence-corrected chi connectivity index (χ3v) is 5.75. The second-order valence-corrected chi connectivity index (χ2v) is 6.84. The van der Waals surface area contributed by atoms with E-state index in [1.807, 2.05) is 6.07 Å². The van der Waals surface area contributed by atoms with Gasteiger partial charge in [0.05, 0.1) is 16.5 Å². The first-order valence-corrected chi connectivity index (χ1v) is 8.16. The van der Waals surface area contributed by atoms with Crippen LogP contribution in [0.5, 0.6) is 0 Å². The third-order valence-electron chi connectivity index (χ3n) is 3.71. The van der Waals surface area contributed by atoms with E-state index in [4.69, 9.17) is 5.26 Å². The lowest BCUT2D eigenvalue weighted by molar-refractivity contribution is 0.196. The molecule has 0 aliphatic carbocycles. The molecule has 0 atom stereocenters. The summed E-state index contributed by atoms with van der Waals surface area (Å²) < 4.78 is 26.9. The second-order valence-electron chi connectivity index (χ2n) is 4.93. The lowest BCUT2D eigenvalue weighted by Crippen LogP contribution is -2.48. The fraction of sp³-hybridized carbons (Fsp3) is 0.500. The summed E-state index contributed by atoms with van der Waals surface area (Å²) in [5.74, 6) is 0. The van der Waals surface area contributed by atoms with Crippen molar-refractivity contribution in [3.05, 3.63) is 29.3 Å². The number of sulfonamides is 1. The highest BCUT2D eigenvalue weighted by atomic mass is 32.2. The van der Waals surface area contributed by atoms with E-state index in [0.717, 1.165) is 19.6 Å². The zero-order valence-electron chi connectivity index (χ0n) is 11.8. The molecule has 0 N–H and O–H groups in total. The van der Waals surface area contributed by atoms with Gasteiger partial charge in [-0.1, -0.05) is 13.0 Å². The van der Waals surface area contributed by atoms with Gasteiger partial charge in [0.1, 0.15) is 0 Å². The van der Waals surface area contributed by atoms with Crippen LogP contribution in [0.2, 0.25) is 0 Å². The fourth-order valence-corrected chi connectivity index (χ4v) is 4.05. The van der Waals surface area contributed by atoms with Crippen LogP contribution in [0.25, 0.3) is 0 Å². The van der Waals surface area contributed by atoms with Crippen LogP contribution in [0.4, 0.5) is 0 Å². The van der Waals surface area contributed by atoms with Crippen LogP contribution in [0.3, 0.4) is 0 Å². The molecular weight excluding hydrogens is 274 g/mol. The Morgan fingerprint density at radius 2 is 1.90 bits per heavy atom. The van der Waals surface area contributed by atoms with E-state index in [9.17, 15) is 8.42 Å². The van der Waals surface area contributed by atoms with E-state index in [-0.39, 0.29) is 4.90 Å². The number of likely N-dealkylation sites (N-methyl/N-ethyl adjacent to an activating group) is 1. The predicted molar refractivity (Wildman–Crippen MR) is 76.8 cm³/mol. The second kappa shape index (κ2) is 5.92. The maximum absolute atomic E-state index is 12.7. The minimum absolute atomic E-state index is 0.251. The SMILES string of the molecule is CCN1CCN(S(=O)(=O)c2cc(C#N)ccc2C)CC1. The van der Waals surface area contributed by atoms with Crippen LogP contribution in [0.15, 0.2) is 23.1 Å². The molecule has 2 rings (SSSR count). The maximum atomic E-state index is 12.7. The fourth-order valence-electron chi connectivity index (χ4n) is 2.37. The summed E-state index contributed by atoms with van der Waals surface area (Å²) in [4.78, 5) is 2.48. The van der Waals surface area contributed by atoms with Crippen molar-refractivity contribution in [2.75, 3.05) is 32.7 Å². The van der Waals surface area contributed by atoms with E-state index >= 15 is 0 Å². The minimum atomic E-state index is -3.50. The monoisotopic (exact) mass is 293 g/mol. The number of aryl methyl sites for hydroxylation is 1. The van der Waals surface area contributed by atoms with Crippen molar-refractivity contribution in [1.29, 1.82) is 5.26 Å². The van der Waals surface area contributed by atoms with Crippen molar-refractivity contribution >= 4 is 10.0 Å². The Labute approximate surface area is 120 Å². The molecule has 0 saturated carbocycles. The van der Waals surface area contributed by atoms with Crippen LogP contribution >= 0.6 is 0 Å². The molecule has 20 heavy (non-hydrogen) atoms. The lowest BCUT2D eigenvalue weighted by Gasteiger charge is -2.33.